The Morgan fingerprint density at radius 3 is 2.78 bits per heavy atom. The van der Waals surface area contributed by atoms with Crippen molar-refractivity contribution in [2.24, 2.45) is 0 Å². The molecule has 0 bridgehead atoms. The number of aliphatic hydroxyl groups is 1. The molecular formula is C11H14ClNO5. The van der Waals surface area contributed by atoms with Crippen molar-refractivity contribution in [3.05, 3.63) is 33.3 Å². The molecule has 0 amide bonds. The molecule has 0 aliphatic heterocycles. The van der Waals surface area contributed by atoms with Gasteiger partial charge in [-0.05, 0) is 13.0 Å². The van der Waals surface area contributed by atoms with Gasteiger partial charge >= 0.3 is 0 Å². The summed E-state index contributed by atoms with van der Waals surface area (Å²) in [6.07, 6.45) is -0.751. The van der Waals surface area contributed by atoms with Crippen LogP contribution in [0.3, 0.4) is 0 Å². The van der Waals surface area contributed by atoms with Gasteiger partial charge < -0.3 is 14.6 Å². The van der Waals surface area contributed by atoms with Crippen LogP contribution in [-0.2, 0) is 4.74 Å². The first-order valence-electron chi connectivity index (χ1n) is 5.37. The van der Waals surface area contributed by atoms with Crippen LogP contribution in [0, 0.1) is 10.1 Å². The fourth-order valence-corrected chi connectivity index (χ4v) is 1.46. The summed E-state index contributed by atoms with van der Waals surface area (Å²) in [5.74, 6) is 0.362. The largest absolute Gasteiger partial charge is 0.491 e. The first kappa shape index (κ1) is 14.7. The molecule has 1 aromatic carbocycles. The summed E-state index contributed by atoms with van der Waals surface area (Å²) in [6.45, 7) is 2.55. The van der Waals surface area contributed by atoms with E-state index in [9.17, 15) is 15.2 Å². The molecule has 1 N–H and O–H groups in total. The summed E-state index contributed by atoms with van der Waals surface area (Å²) in [6, 6.07) is 4.02. The number of nitro groups is 1. The Hall–Kier alpha value is -1.37. The number of hydrogen-bond donors (Lipinski definition) is 1. The smallest absolute Gasteiger partial charge is 0.288 e. The van der Waals surface area contributed by atoms with Gasteiger partial charge in [-0.2, -0.15) is 0 Å². The Morgan fingerprint density at radius 2 is 2.22 bits per heavy atom. The number of nitrogens with zero attached hydrogens (tertiary/aromatic N) is 1. The summed E-state index contributed by atoms with van der Waals surface area (Å²) in [5, 5.41) is 20.0. The Kier molecular flexibility index (Phi) is 5.84. The van der Waals surface area contributed by atoms with E-state index in [0.29, 0.717) is 12.4 Å². The van der Waals surface area contributed by atoms with E-state index in [2.05, 4.69) is 0 Å². The van der Waals surface area contributed by atoms with Crippen LogP contribution >= 0.6 is 11.6 Å². The van der Waals surface area contributed by atoms with Crippen molar-refractivity contribution in [1.29, 1.82) is 0 Å². The summed E-state index contributed by atoms with van der Waals surface area (Å²) in [4.78, 5) is 9.97. The number of halogens is 1. The van der Waals surface area contributed by atoms with Gasteiger partial charge in [0.25, 0.3) is 5.69 Å². The van der Waals surface area contributed by atoms with Gasteiger partial charge in [0, 0.05) is 18.7 Å². The topological polar surface area (TPSA) is 81.8 Å². The molecule has 1 atom stereocenters. The third-order valence-corrected chi connectivity index (χ3v) is 2.38. The second-order valence-electron chi connectivity index (χ2n) is 3.49. The van der Waals surface area contributed by atoms with Crippen molar-refractivity contribution >= 4 is 17.3 Å². The molecule has 0 heterocycles. The average Bonchev–Trinajstić information content (AvgIpc) is 2.33. The zero-order valence-electron chi connectivity index (χ0n) is 9.84. The van der Waals surface area contributed by atoms with Gasteiger partial charge in [-0.3, -0.25) is 10.1 Å². The highest BCUT2D eigenvalue weighted by Gasteiger charge is 2.13. The summed E-state index contributed by atoms with van der Waals surface area (Å²) < 4.78 is 10.3. The Bertz CT molecular complexity index is 412. The number of rotatable bonds is 7. The fourth-order valence-electron chi connectivity index (χ4n) is 1.22. The summed E-state index contributed by atoms with van der Waals surface area (Å²) >= 11 is 5.71. The van der Waals surface area contributed by atoms with Crippen LogP contribution in [0.1, 0.15) is 6.92 Å². The maximum atomic E-state index is 10.5. The summed E-state index contributed by atoms with van der Waals surface area (Å²) in [5.41, 5.74) is -0.182. The van der Waals surface area contributed by atoms with E-state index < -0.39 is 11.0 Å². The van der Waals surface area contributed by atoms with Gasteiger partial charge in [-0.15, -0.1) is 0 Å². The van der Waals surface area contributed by atoms with E-state index in [1.54, 1.807) is 0 Å². The van der Waals surface area contributed by atoms with E-state index in [0.717, 1.165) is 0 Å². The minimum absolute atomic E-state index is 0.00296. The zero-order chi connectivity index (χ0) is 13.5. The third kappa shape index (κ3) is 4.48. The number of hydrogen-bond acceptors (Lipinski definition) is 5. The summed E-state index contributed by atoms with van der Waals surface area (Å²) in [7, 11) is 0. The molecule has 0 saturated heterocycles. The predicted molar refractivity (Wildman–Crippen MR) is 66.1 cm³/mol. The molecule has 100 valence electrons. The second-order valence-corrected chi connectivity index (χ2v) is 3.90. The third-order valence-electron chi connectivity index (χ3n) is 2.07. The van der Waals surface area contributed by atoms with Crippen molar-refractivity contribution in [1.82, 2.24) is 0 Å². The number of aliphatic hydroxyl groups excluding tert-OH is 1. The lowest BCUT2D eigenvalue weighted by Gasteiger charge is -2.12. The molecule has 18 heavy (non-hydrogen) atoms. The lowest BCUT2D eigenvalue weighted by molar-refractivity contribution is -0.384. The Labute approximate surface area is 109 Å². The van der Waals surface area contributed by atoms with E-state index >= 15 is 0 Å². The monoisotopic (exact) mass is 275 g/mol. The molecule has 1 aromatic rings. The van der Waals surface area contributed by atoms with Gasteiger partial charge in [0.1, 0.15) is 23.5 Å². The van der Waals surface area contributed by atoms with Crippen molar-refractivity contribution in [3.63, 3.8) is 0 Å². The van der Waals surface area contributed by atoms with Crippen LogP contribution in [0.5, 0.6) is 5.75 Å². The van der Waals surface area contributed by atoms with E-state index in [-0.39, 0.29) is 23.9 Å². The molecule has 0 spiro atoms. The highest BCUT2D eigenvalue weighted by atomic mass is 35.5. The first-order chi connectivity index (χ1) is 8.54. The van der Waals surface area contributed by atoms with Crippen LogP contribution in [-0.4, -0.2) is 36.0 Å². The lowest BCUT2D eigenvalue weighted by atomic mass is 10.3. The van der Waals surface area contributed by atoms with Crippen molar-refractivity contribution < 1.29 is 19.5 Å². The quantitative estimate of drug-likeness (QED) is 0.608. The molecule has 0 saturated carbocycles. The molecule has 0 aliphatic carbocycles. The minimum Gasteiger partial charge on any atom is -0.491 e. The van der Waals surface area contributed by atoms with Crippen LogP contribution in [0.15, 0.2) is 18.2 Å². The van der Waals surface area contributed by atoms with E-state index in [4.69, 9.17) is 21.1 Å². The highest BCUT2D eigenvalue weighted by Crippen LogP contribution is 2.28. The molecule has 0 fully saturated rings. The molecule has 0 unspecified atom stereocenters. The van der Waals surface area contributed by atoms with Crippen LogP contribution in [0.25, 0.3) is 0 Å². The normalized spacial score (nSPS) is 12.2. The number of ether oxygens (including phenoxy) is 2. The van der Waals surface area contributed by atoms with Crippen molar-refractivity contribution in [2.75, 3.05) is 19.8 Å². The molecule has 6 nitrogen and oxygen atoms in total. The SMILES string of the molecule is CCOC[C@@H](O)COc1ccc([N+](=O)[O-])c(Cl)c1. The maximum Gasteiger partial charge on any atom is 0.288 e. The first-order valence-corrected chi connectivity index (χ1v) is 5.75. The van der Waals surface area contributed by atoms with Gasteiger partial charge in [-0.25, -0.2) is 0 Å². The Balaban J connectivity index is 2.53. The van der Waals surface area contributed by atoms with Crippen molar-refractivity contribution in [3.8, 4) is 5.75 Å². The van der Waals surface area contributed by atoms with E-state index in [1.807, 2.05) is 6.92 Å². The minimum atomic E-state index is -0.751. The number of nitro benzene ring substituents is 1. The predicted octanol–water partition coefficient (Wildman–Crippen LogP) is 2.02. The second kappa shape index (κ2) is 7.15. The lowest BCUT2D eigenvalue weighted by Crippen LogP contribution is -2.23. The zero-order valence-corrected chi connectivity index (χ0v) is 10.6. The molecule has 7 heteroatoms. The average molecular weight is 276 g/mol. The van der Waals surface area contributed by atoms with Gasteiger partial charge in [0.2, 0.25) is 0 Å². The molecular weight excluding hydrogens is 262 g/mol. The molecule has 0 radical (unpaired) electrons. The van der Waals surface area contributed by atoms with Gasteiger partial charge in [-0.1, -0.05) is 11.6 Å². The van der Waals surface area contributed by atoms with Crippen molar-refractivity contribution in [2.45, 2.75) is 13.0 Å². The molecule has 0 aromatic heterocycles. The van der Waals surface area contributed by atoms with Crippen LogP contribution in [0.2, 0.25) is 5.02 Å². The maximum absolute atomic E-state index is 10.5. The van der Waals surface area contributed by atoms with Crippen LogP contribution < -0.4 is 4.74 Å². The standard InChI is InChI=1S/C11H14ClNO5/c1-2-17-6-8(14)7-18-9-3-4-11(13(15)16)10(12)5-9/h3-5,8,14H,2,6-7H2,1H3/t8-/m1/s1. The molecule has 0 aliphatic rings. The Morgan fingerprint density at radius 1 is 1.50 bits per heavy atom. The van der Waals surface area contributed by atoms with Crippen LogP contribution in [0.4, 0.5) is 5.69 Å². The van der Waals surface area contributed by atoms with Gasteiger partial charge in [0.05, 0.1) is 11.5 Å². The number of benzene rings is 1. The molecule has 1 rings (SSSR count). The van der Waals surface area contributed by atoms with E-state index in [1.165, 1.54) is 18.2 Å². The highest BCUT2D eigenvalue weighted by molar-refractivity contribution is 6.32. The van der Waals surface area contributed by atoms with Gasteiger partial charge in [0.15, 0.2) is 0 Å². The fraction of sp³-hybridized carbons (Fsp3) is 0.455.